The predicted molar refractivity (Wildman–Crippen MR) is 84.6 cm³/mol. The van der Waals surface area contributed by atoms with Crippen molar-refractivity contribution in [3.8, 4) is 5.75 Å². The smallest absolute Gasteiger partial charge is 0.406 e. The van der Waals surface area contributed by atoms with E-state index >= 15 is 0 Å². The van der Waals surface area contributed by atoms with Crippen molar-refractivity contribution in [2.24, 2.45) is 0 Å². The zero-order valence-electron chi connectivity index (χ0n) is 13.9. The third-order valence-corrected chi connectivity index (χ3v) is 4.33. The van der Waals surface area contributed by atoms with Crippen LogP contribution in [-0.2, 0) is 19.6 Å². The highest BCUT2D eigenvalue weighted by Gasteiger charge is 2.31. The van der Waals surface area contributed by atoms with Crippen molar-refractivity contribution in [1.82, 2.24) is 15.4 Å². The van der Waals surface area contributed by atoms with Crippen molar-refractivity contribution in [2.75, 3.05) is 13.1 Å². The van der Waals surface area contributed by atoms with Gasteiger partial charge in [-0.3, -0.25) is 9.59 Å². The Morgan fingerprint density at radius 3 is 2.27 bits per heavy atom. The van der Waals surface area contributed by atoms with Gasteiger partial charge in [0.25, 0.3) is 0 Å². The number of nitrogens with one attached hydrogen (secondary N) is 3. The number of alkyl halides is 3. The van der Waals surface area contributed by atoms with Crippen molar-refractivity contribution < 1.29 is 35.9 Å². The first-order chi connectivity index (χ1) is 11.9. The third-order valence-electron chi connectivity index (χ3n) is 2.91. The first kappa shape index (κ1) is 21.7. The maximum Gasteiger partial charge on any atom is 0.573 e. The number of hydrogen-bond donors (Lipinski definition) is 3. The van der Waals surface area contributed by atoms with Crippen molar-refractivity contribution in [3.63, 3.8) is 0 Å². The summed E-state index contributed by atoms with van der Waals surface area (Å²) in [7, 11) is -4.13. The minimum atomic E-state index is -4.89. The number of carbonyl (C=O) groups excluding carboxylic acids is 2. The molecule has 1 aromatic carbocycles. The number of carbonyl (C=O) groups is 2. The molecular formula is C14H18F3N3O5S. The molecule has 0 spiro atoms. The number of benzene rings is 1. The van der Waals surface area contributed by atoms with Crippen LogP contribution < -0.4 is 20.1 Å². The van der Waals surface area contributed by atoms with Gasteiger partial charge in [-0.15, -0.1) is 13.2 Å². The molecule has 0 saturated carbocycles. The van der Waals surface area contributed by atoms with Gasteiger partial charge in [-0.25, -0.2) is 13.1 Å². The van der Waals surface area contributed by atoms with Gasteiger partial charge in [-0.1, -0.05) is 0 Å². The van der Waals surface area contributed by atoms with Gasteiger partial charge in [-0.05, 0) is 38.1 Å². The summed E-state index contributed by atoms with van der Waals surface area (Å²) < 4.78 is 65.9. The lowest BCUT2D eigenvalue weighted by molar-refractivity contribution is -0.274. The standard InChI is InChI=1S/C14H18F3N3O5S/c1-3-18-13(22)9(2)20-12(21)8-19-26(23,24)11-6-4-10(5-7-11)25-14(15,16)17/h4-7,9,19H,3,8H2,1-2H3,(H,18,22)(H,20,21)/t9-/m1/s1. The quantitative estimate of drug-likeness (QED) is 0.591. The molecule has 0 aliphatic carbocycles. The van der Waals surface area contributed by atoms with Crippen LogP contribution in [0.2, 0.25) is 0 Å². The predicted octanol–water partition coefficient (Wildman–Crippen LogP) is 0.504. The van der Waals surface area contributed by atoms with E-state index in [1.807, 2.05) is 4.72 Å². The average molecular weight is 397 g/mol. The molecule has 0 aromatic heterocycles. The Kier molecular flexibility index (Phi) is 7.39. The Labute approximate surface area is 148 Å². The van der Waals surface area contributed by atoms with Crippen LogP contribution in [0.15, 0.2) is 29.2 Å². The first-order valence-corrected chi connectivity index (χ1v) is 8.85. The van der Waals surface area contributed by atoms with Crippen LogP contribution in [0.3, 0.4) is 0 Å². The van der Waals surface area contributed by atoms with Gasteiger partial charge < -0.3 is 15.4 Å². The normalized spacial score (nSPS) is 13.0. The maximum atomic E-state index is 12.1. The summed E-state index contributed by atoms with van der Waals surface area (Å²) >= 11 is 0. The Morgan fingerprint density at radius 2 is 1.77 bits per heavy atom. The molecule has 1 rings (SSSR count). The number of hydrogen-bond acceptors (Lipinski definition) is 5. The summed E-state index contributed by atoms with van der Waals surface area (Å²) in [5, 5.41) is 4.79. The summed E-state index contributed by atoms with van der Waals surface area (Å²) in [4.78, 5) is 22.8. The SMILES string of the molecule is CCNC(=O)[C@@H](C)NC(=O)CNS(=O)(=O)c1ccc(OC(F)(F)F)cc1. The highest BCUT2D eigenvalue weighted by atomic mass is 32.2. The molecule has 0 unspecified atom stereocenters. The molecule has 0 saturated heterocycles. The second-order valence-electron chi connectivity index (χ2n) is 5.03. The van der Waals surface area contributed by atoms with Crippen LogP contribution >= 0.6 is 0 Å². The Bertz CT molecular complexity index is 735. The molecule has 1 aromatic rings. The molecule has 0 radical (unpaired) electrons. The van der Waals surface area contributed by atoms with Gasteiger partial charge in [0, 0.05) is 6.54 Å². The lowest BCUT2D eigenvalue weighted by Crippen LogP contribution is -2.47. The van der Waals surface area contributed by atoms with E-state index in [2.05, 4.69) is 15.4 Å². The topological polar surface area (TPSA) is 114 Å². The van der Waals surface area contributed by atoms with Gasteiger partial charge in [0.15, 0.2) is 0 Å². The summed E-state index contributed by atoms with van der Waals surface area (Å²) in [5.74, 6) is -1.75. The summed E-state index contributed by atoms with van der Waals surface area (Å²) in [6.07, 6.45) is -4.89. The second-order valence-corrected chi connectivity index (χ2v) is 6.79. The minimum Gasteiger partial charge on any atom is -0.406 e. The maximum absolute atomic E-state index is 12.1. The summed E-state index contributed by atoms with van der Waals surface area (Å²) in [5.41, 5.74) is 0. The van der Waals surface area contributed by atoms with E-state index in [0.717, 1.165) is 24.3 Å². The number of ether oxygens (including phenoxy) is 1. The number of rotatable bonds is 8. The van der Waals surface area contributed by atoms with Gasteiger partial charge in [0.05, 0.1) is 11.4 Å². The molecule has 26 heavy (non-hydrogen) atoms. The van der Waals surface area contributed by atoms with E-state index < -0.39 is 46.5 Å². The highest BCUT2D eigenvalue weighted by molar-refractivity contribution is 7.89. The Morgan fingerprint density at radius 1 is 1.19 bits per heavy atom. The minimum absolute atomic E-state index is 0.350. The fourth-order valence-electron chi connectivity index (χ4n) is 1.75. The van der Waals surface area contributed by atoms with Crippen LogP contribution in [0.5, 0.6) is 5.75 Å². The van der Waals surface area contributed by atoms with E-state index in [9.17, 15) is 31.2 Å². The fraction of sp³-hybridized carbons (Fsp3) is 0.429. The molecule has 0 aliphatic heterocycles. The van der Waals surface area contributed by atoms with Crippen LogP contribution in [0.25, 0.3) is 0 Å². The zero-order valence-corrected chi connectivity index (χ0v) is 14.7. The molecule has 0 heterocycles. The molecule has 3 N–H and O–H groups in total. The summed E-state index contributed by atoms with van der Waals surface area (Å²) in [6, 6.07) is 2.61. The van der Waals surface area contributed by atoms with Crippen LogP contribution in [-0.4, -0.2) is 45.7 Å². The molecular weight excluding hydrogens is 379 g/mol. The zero-order chi connectivity index (χ0) is 20.0. The third kappa shape index (κ3) is 7.27. The molecule has 0 fully saturated rings. The molecule has 0 bridgehead atoms. The number of likely N-dealkylation sites (N-methyl/N-ethyl adjacent to an activating group) is 1. The number of halogens is 3. The summed E-state index contributed by atoms with van der Waals surface area (Å²) in [6.45, 7) is 2.86. The lowest BCUT2D eigenvalue weighted by atomic mass is 10.3. The van der Waals surface area contributed by atoms with Crippen LogP contribution in [0, 0.1) is 0 Å². The molecule has 1 atom stereocenters. The van der Waals surface area contributed by atoms with Gasteiger partial charge in [0.2, 0.25) is 21.8 Å². The first-order valence-electron chi connectivity index (χ1n) is 7.37. The average Bonchev–Trinajstić information content (AvgIpc) is 2.52. The van der Waals surface area contributed by atoms with E-state index in [-0.39, 0.29) is 4.90 Å². The van der Waals surface area contributed by atoms with Gasteiger partial charge >= 0.3 is 6.36 Å². The second kappa shape index (κ2) is 8.85. The van der Waals surface area contributed by atoms with E-state index in [1.165, 1.54) is 6.92 Å². The lowest BCUT2D eigenvalue weighted by Gasteiger charge is -2.14. The van der Waals surface area contributed by atoms with E-state index in [0.29, 0.717) is 6.54 Å². The van der Waals surface area contributed by atoms with E-state index in [4.69, 9.17) is 0 Å². The van der Waals surface area contributed by atoms with Crippen LogP contribution in [0.1, 0.15) is 13.8 Å². The van der Waals surface area contributed by atoms with Gasteiger partial charge in [-0.2, -0.15) is 0 Å². The van der Waals surface area contributed by atoms with Crippen molar-refractivity contribution in [1.29, 1.82) is 0 Å². The van der Waals surface area contributed by atoms with Crippen molar-refractivity contribution >= 4 is 21.8 Å². The number of sulfonamides is 1. The monoisotopic (exact) mass is 397 g/mol. The molecule has 146 valence electrons. The van der Waals surface area contributed by atoms with Gasteiger partial charge in [0.1, 0.15) is 11.8 Å². The van der Waals surface area contributed by atoms with Crippen molar-refractivity contribution in [2.45, 2.75) is 31.1 Å². The molecule has 8 nitrogen and oxygen atoms in total. The molecule has 12 heteroatoms. The fourth-order valence-corrected chi connectivity index (χ4v) is 2.73. The number of amides is 2. The highest BCUT2D eigenvalue weighted by Crippen LogP contribution is 2.23. The molecule has 0 aliphatic rings. The molecule has 2 amide bonds. The van der Waals surface area contributed by atoms with Crippen LogP contribution in [0.4, 0.5) is 13.2 Å². The Hall–Kier alpha value is -2.34. The Balaban J connectivity index is 2.63. The largest absolute Gasteiger partial charge is 0.573 e. The van der Waals surface area contributed by atoms with Crippen molar-refractivity contribution in [3.05, 3.63) is 24.3 Å². The van der Waals surface area contributed by atoms with E-state index in [1.54, 1.807) is 6.92 Å².